The second-order valence-corrected chi connectivity index (χ2v) is 4.87. The van der Waals surface area contributed by atoms with Gasteiger partial charge in [0.1, 0.15) is 5.82 Å². The Morgan fingerprint density at radius 3 is 3.20 bits per heavy atom. The van der Waals surface area contributed by atoms with Crippen LogP contribution >= 0.6 is 11.8 Å². The minimum absolute atomic E-state index is 0.576. The molecule has 0 saturated carbocycles. The average molecular weight is 223 g/mol. The lowest BCUT2D eigenvalue weighted by Gasteiger charge is -2.23. The summed E-state index contributed by atoms with van der Waals surface area (Å²) in [5, 5.41) is 0. The van der Waals surface area contributed by atoms with Crippen molar-refractivity contribution in [1.29, 1.82) is 0 Å². The fraction of sp³-hybridized carbons (Fsp3) is 0.545. The molecule has 0 aromatic carbocycles. The van der Waals surface area contributed by atoms with Crippen LogP contribution in [0.5, 0.6) is 0 Å². The molecule has 0 amide bonds. The van der Waals surface area contributed by atoms with E-state index in [0.29, 0.717) is 6.54 Å². The van der Waals surface area contributed by atoms with Crippen LogP contribution in [0.2, 0.25) is 0 Å². The summed E-state index contributed by atoms with van der Waals surface area (Å²) in [6, 6.07) is 4.03. The third-order valence-electron chi connectivity index (χ3n) is 2.61. The number of anilines is 1. The second-order valence-electron chi connectivity index (χ2n) is 3.64. The summed E-state index contributed by atoms with van der Waals surface area (Å²) >= 11 is 2.03. The van der Waals surface area contributed by atoms with Gasteiger partial charge < -0.3 is 10.6 Å². The van der Waals surface area contributed by atoms with Crippen molar-refractivity contribution in [3.05, 3.63) is 23.9 Å². The molecule has 3 nitrogen and oxygen atoms in total. The second kappa shape index (κ2) is 5.37. The SMILES string of the molecule is NCc1cccnc1N1CCCSCC1. The minimum atomic E-state index is 0.576. The van der Waals surface area contributed by atoms with Gasteiger partial charge in [-0.25, -0.2) is 4.98 Å². The fourth-order valence-corrected chi connectivity index (χ4v) is 2.72. The molecule has 1 fully saturated rings. The van der Waals surface area contributed by atoms with Crippen LogP contribution in [-0.4, -0.2) is 29.6 Å². The number of nitrogens with zero attached hydrogens (tertiary/aromatic N) is 2. The summed E-state index contributed by atoms with van der Waals surface area (Å²) < 4.78 is 0. The van der Waals surface area contributed by atoms with Crippen LogP contribution in [0.25, 0.3) is 0 Å². The zero-order chi connectivity index (χ0) is 10.5. The highest BCUT2D eigenvalue weighted by Gasteiger charge is 2.13. The number of rotatable bonds is 2. The summed E-state index contributed by atoms with van der Waals surface area (Å²) in [6.45, 7) is 2.78. The molecule has 1 aromatic heterocycles. The molecule has 82 valence electrons. The smallest absolute Gasteiger partial charge is 0.133 e. The number of pyridine rings is 1. The Bertz CT molecular complexity index is 308. The maximum atomic E-state index is 5.72. The Balaban J connectivity index is 2.18. The number of aromatic nitrogens is 1. The molecular weight excluding hydrogens is 206 g/mol. The molecule has 15 heavy (non-hydrogen) atoms. The highest BCUT2D eigenvalue weighted by molar-refractivity contribution is 7.99. The van der Waals surface area contributed by atoms with E-state index < -0.39 is 0 Å². The predicted molar refractivity (Wildman–Crippen MR) is 66.3 cm³/mol. The van der Waals surface area contributed by atoms with Gasteiger partial charge in [0.25, 0.3) is 0 Å². The molecule has 2 N–H and O–H groups in total. The summed E-state index contributed by atoms with van der Waals surface area (Å²) in [4.78, 5) is 6.81. The van der Waals surface area contributed by atoms with E-state index in [9.17, 15) is 0 Å². The van der Waals surface area contributed by atoms with Crippen molar-refractivity contribution in [2.75, 3.05) is 29.5 Å². The van der Waals surface area contributed by atoms with E-state index in [1.807, 2.05) is 24.0 Å². The minimum Gasteiger partial charge on any atom is -0.355 e. The van der Waals surface area contributed by atoms with Gasteiger partial charge in [0, 0.05) is 37.1 Å². The largest absolute Gasteiger partial charge is 0.355 e. The zero-order valence-electron chi connectivity index (χ0n) is 8.85. The molecule has 0 spiro atoms. The molecule has 0 unspecified atom stereocenters. The molecule has 2 rings (SSSR count). The summed E-state index contributed by atoms with van der Waals surface area (Å²) in [7, 11) is 0. The van der Waals surface area contributed by atoms with Crippen molar-refractivity contribution in [2.24, 2.45) is 5.73 Å². The quantitative estimate of drug-likeness (QED) is 0.824. The van der Waals surface area contributed by atoms with E-state index in [0.717, 1.165) is 24.5 Å². The average Bonchev–Trinajstić information content (AvgIpc) is 2.57. The van der Waals surface area contributed by atoms with Gasteiger partial charge in [-0.2, -0.15) is 11.8 Å². The van der Waals surface area contributed by atoms with Gasteiger partial charge in [-0.15, -0.1) is 0 Å². The van der Waals surface area contributed by atoms with Crippen molar-refractivity contribution >= 4 is 17.6 Å². The van der Waals surface area contributed by atoms with E-state index >= 15 is 0 Å². The molecule has 1 saturated heterocycles. The standard InChI is InChI=1S/C11H17N3S/c12-9-10-3-1-4-13-11(10)14-5-2-7-15-8-6-14/h1,3-4H,2,5-9,12H2. The van der Waals surface area contributed by atoms with Crippen LogP contribution < -0.4 is 10.6 Å². The van der Waals surface area contributed by atoms with Crippen molar-refractivity contribution in [2.45, 2.75) is 13.0 Å². The van der Waals surface area contributed by atoms with E-state index in [-0.39, 0.29) is 0 Å². The first-order valence-corrected chi connectivity index (χ1v) is 6.54. The highest BCUT2D eigenvalue weighted by Crippen LogP contribution is 2.20. The monoisotopic (exact) mass is 223 g/mol. The number of hydrogen-bond acceptors (Lipinski definition) is 4. The maximum absolute atomic E-state index is 5.72. The van der Waals surface area contributed by atoms with Crippen LogP contribution in [-0.2, 0) is 6.54 Å². The normalized spacial score (nSPS) is 17.5. The summed E-state index contributed by atoms with van der Waals surface area (Å²) in [6.07, 6.45) is 3.10. The first kappa shape index (κ1) is 10.8. The zero-order valence-corrected chi connectivity index (χ0v) is 9.67. The first-order chi connectivity index (χ1) is 7.42. The van der Waals surface area contributed by atoms with Gasteiger partial charge in [0.05, 0.1) is 0 Å². The van der Waals surface area contributed by atoms with E-state index in [2.05, 4.69) is 16.0 Å². The predicted octanol–water partition coefficient (Wildman–Crippen LogP) is 1.48. The van der Waals surface area contributed by atoms with Gasteiger partial charge in [-0.05, 0) is 18.2 Å². The van der Waals surface area contributed by atoms with Crippen molar-refractivity contribution in [1.82, 2.24) is 4.98 Å². The number of thioether (sulfide) groups is 1. The third kappa shape index (κ3) is 2.63. The van der Waals surface area contributed by atoms with E-state index in [4.69, 9.17) is 5.73 Å². The molecule has 0 aliphatic carbocycles. The lowest BCUT2D eigenvalue weighted by molar-refractivity contribution is 0.791. The molecule has 1 aromatic rings. The molecule has 1 aliphatic rings. The molecular formula is C11H17N3S. The van der Waals surface area contributed by atoms with Gasteiger partial charge >= 0.3 is 0 Å². The van der Waals surface area contributed by atoms with Crippen molar-refractivity contribution in [3.8, 4) is 0 Å². The summed E-state index contributed by atoms with van der Waals surface area (Å²) in [5.74, 6) is 3.55. The Kier molecular flexibility index (Phi) is 3.86. The summed E-state index contributed by atoms with van der Waals surface area (Å²) in [5.41, 5.74) is 6.88. The van der Waals surface area contributed by atoms with Crippen LogP contribution in [0.4, 0.5) is 5.82 Å². The number of nitrogens with two attached hydrogens (primary N) is 1. The highest BCUT2D eigenvalue weighted by atomic mass is 32.2. The maximum Gasteiger partial charge on any atom is 0.133 e. The van der Waals surface area contributed by atoms with Crippen molar-refractivity contribution < 1.29 is 0 Å². The Morgan fingerprint density at radius 2 is 2.33 bits per heavy atom. The molecule has 0 radical (unpaired) electrons. The van der Waals surface area contributed by atoms with Crippen LogP contribution in [0.3, 0.4) is 0 Å². The van der Waals surface area contributed by atoms with Gasteiger partial charge in [0.2, 0.25) is 0 Å². The topological polar surface area (TPSA) is 42.1 Å². The molecule has 4 heteroatoms. The van der Waals surface area contributed by atoms with Gasteiger partial charge in [-0.3, -0.25) is 0 Å². The van der Waals surface area contributed by atoms with Gasteiger partial charge in [-0.1, -0.05) is 6.07 Å². The molecule has 2 heterocycles. The number of hydrogen-bond donors (Lipinski definition) is 1. The Hall–Kier alpha value is -0.740. The fourth-order valence-electron chi connectivity index (χ4n) is 1.83. The van der Waals surface area contributed by atoms with Crippen molar-refractivity contribution in [3.63, 3.8) is 0 Å². The first-order valence-electron chi connectivity index (χ1n) is 5.38. The van der Waals surface area contributed by atoms with E-state index in [1.54, 1.807) is 0 Å². The molecule has 1 aliphatic heterocycles. The third-order valence-corrected chi connectivity index (χ3v) is 3.66. The Morgan fingerprint density at radius 1 is 1.40 bits per heavy atom. The van der Waals surface area contributed by atoms with Gasteiger partial charge in [0.15, 0.2) is 0 Å². The Labute approximate surface area is 95.1 Å². The van der Waals surface area contributed by atoms with E-state index in [1.165, 1.54) is 17.9 Å². The lowest BCUT2D eigenvalue weighted by Crippen LogP contribution is -2.27. The van der Waals surface area contributed by atoms with Crippen LogP contribution in [0, 0.1) is 0 Å². The lowest BCUT2D eigenvalue weighted by atomic mass is 10.2. The van der Waals surface area contributed by atoms with Crippen LogP contribution in [0.1, 0.15) is 12.0 Å². The molecule has 0 bridgehead atoms. The van der Waals surface area contributed by atoms with Crippen LogP contribution in [0.15, 0.2) is 18.3 Å². The molecule has 0 atom stereocenters.